The van der Waals surface area contributed by atoms with Gasteiger partial charge in [0, 0.05) is 17.9 Å². The van der Waals surface area contributed by atoms with Gasteiger partial charge in [-0.15, -0.1) is 0 Å². The van der Waals surface area contributed by atoms with Crippen molar-refractivity contribution in [2.75, 3.05) is 0 Å². The van der Waals surface area contributed by atoms with Crippen molar-refractivity contribution >= 4 is 11.8 Å². The molecule has 0 bridgehead atoms. The molecule has 3 nitrogen and oxygen atoms in total. The lowest BCUT2D eigenvalue weighted by atomic mass is 9.80. The molecule has 1 unspecified atom stereocenters. The van der Waals surface area contributed by atoms with E-state index in [2.05, 4.69) is 0 Å². The SMILES string of the molecule is O=C(O)CCC1CCc2ccccc2C1=O. The zero-order chi connectivity index (χ0) is 11.5. The van der Waals surface area contributed by atoms with Gasteiger partial charge in [-0.25, -0.2) is 0 Å². The number of carboxylic acid groups (broad SMARTS) is 1. The number of fused-ring (bicyclic) bond motifs is 1. The van der Waals surface area contributed by atoms with Crippen LogP contribution in [0.1, 0.15) is 35.2 Å². The van der Waals surface area contributed by atoms with Crippen LogP contribution in [0.5, 0.6) is 0 Å². The third kappa shape index (κ3) is 2.13. The Bertz CT molecular complexity index is 423. The minimum Gasteiger partial charge on any atom is -0.481 e. The first-order chi connectivity index (χ1) is 7.68. The molecule has 1 N–H and O–H groups in total. The molecule has 0 heterocycles. The lowest BCUT2D eigenvalue weighted by molar-refractivity contribution is -0.137. The monoisotopic (exact) mass is 218 g/mol. The molecular formula is C13H14O3. The molecule has 0 aromatic heterocycles. The van der Waals surface area contributed by atoms with Crippen LogP contribution in [-0.2, 0) is 11.2 Å². The molecule has 1 aromatic carbocycles. The van der Waals surface area contributed by atoms with Crippen LogP contribution in [-0.4, -0.2) is 16.9 Å². The van der Waals surface area contributed by atoms with Crippen molar-refractivity contribution in [3.05, 3.63) is 35.4 Å². The Labute approximate surface area is 94.1 Å². The predicted molar refractivity (Wildman–Crippen MR) is 59.5 cm³/mol. The van der Waals surface area contributed by atoms with Crippen molar-refractivity contribution in [1.82, 2.24) is 0 Å². The summed E-state index contributed by atoms with van der Waals surface area (Å²) in [6.07, 6.45) is 2.20. The van der Waals surface area contributed by atoms with E-state index in [1.165, 1.54) is 0 Å². The highest BCUT2D eigenvalue weighted by molar-refractivity contribution is 6.00. The van der Waals surface area contributed by atoms with E-state index in [1.54, 1.807) is 0 Å². The highest BCUT2D eigenvalue weighted by atomic mass is 16.4. The first-order valence-corrected chi connectivity index (χ1v) is 5.52. The van der Waals surface area contributed by atoms with Crippen molar-refractivity contribution in [3.63, 3.8) is 0 Å². The number of hydrogen-bond donors (Lipinski definition) is 1. The van der Waals surface area contributed by atoms with Gasteiger partial charge in [0.25, 0.3) is 0 Å². The number of benzene rings is 1. The molecule has 1 aliphatic carbocycles. The Kier molecular flexibility index (Phi) is 3.04. The highest BCUT2D eigenvalue weighted by Crippen LogP contribution is 2.28. The Morgan fingerprint density at radius 1 is 1.38 bits per heavy atom. The maximum atomic E-state index is 12.0. The summed E-state index contributed by atoms with van der Waals surface area (Å²) in [5.74, 6) is -0.819. The van der Waals surface area contributed by atoms with Gasteiger partial charge in [-0.05, 0) is 24.8 Å². The van der Waals surface area contributed by atoms with Gasteiger partial charge in [0.05, 0.1) is 0 Å². The van der Waals surface area contributed by atoms with Crippen LogP contribution in [0, 0.1) is 5.92 Å². The highest BCUT2D eigenvalue weighted by Gasteiger charge is 2.26. The molecule has 0 spiro atoms. The smallest absolute Gasteiger partial charge is 0.303 e. The molecule has 0 fully saturated rings. The van der Waals surface area contributed by atoms with Crippen LogP contribution >= 0.6 is 0 Å². The zero-order valence-corrected chi connectivity index (χ0v) is 8.98. The van der Waals surface area contributed by atoms with E-state index in [9.17, 15) is 9.59 Å². The fraction of sp³-hybridized carbons (Fsp3) is 0.385. The molecule has 2 rings (SSSR count). The number of carbonyl (C=O) groups excluding carboxylic acids is 1. The molecule has 1 aliphatic rings. The van der Waals surface area contributed by atoms with Crippen molar-refractivity contribution in [3.8, 4) is 0 Å². The number of carboxylic acids is 1. The molecule has 0 aliphatic heterocycles. The first-order valence-electron chi connectivity index (χ1n) is 5.52. The third-order valence-electron chi connectivity index (χ3n) is 3.12. The van der Waals surface area contributed by atoms with E-state index in [-0.39, 0.29) is 18.1 Å². The van der Waals surface area contributed by atoms with Crippen LogP contribution in [0.15, 0.2) is 24.3 Å². The molecule has 3 heteroatoms. The Morgan fingerprint density at radius 2 is 2.12 bits per heavy atom. The number of hydrogen-bond acceptors (Lipinski definition) is 2. The van der Waals surface area contributed by atoms with E-state index in [1.807, 2.05) is 24.3 Å². The maximum Gasteiger partial charge on any atom is 0.303 e. The number of aryl methyl sites for hydroxylation is 1. The van der Waals surface area contributed by atoms with Gasteiger partial charge in [-0.3, -0.25) is 9.59 Å². The zero-order valence-electron chi connectivity index (χ0n) is 8.98. The second-order valence-corrected chi connectivity index (χ2v) is 4.19. The maximum absolute atomic E-state index is 12.0. The molecule has 1 atom stereocenters. The normalized spacial score (nSPS) is 19.2. The second kappa shape index (κ2) is 4.47. The fourth-order valence-electron chi connectivity index (χ4n) is 2.23. The Hall–Kier alpha value is -1.64. The standard InChI is InChI=1S/C13H14O3/c14-12(15)8-7-10-6-5-9-3-1-2-4-11(9)13(10)16/h1-4,10H,5-8H2,(H,14,15). The largest absolute Gasteiger partial charge is 0.481 e. The van der Waals surface area contributed by atoms with Crippen LogP contribution in [0.2, 0.25) is 0 Å². The van der Waals surface area contributed by atoms with Gasteiger partial charge in [-0.1, -0.05) is 24.3 Å². The van der Waals surface area contributed by atoms with Gasteiger partial charge in [0.15, 0.2) is 5.78 Å². The summed E-state index contributed by atoms with van der Waals surface area (Å²) >= 11 is 0. The second-order valence-electron chi connectivity index (χ2n) is 4.19. The molecular weight excluding hydrogens is 204 g/mol. The summed E-state index contributed by atoms with van der Waals surface area (Å²) < 4.78 is 0. The first kappa shape index (κ1) is 10.9. The molecule has 16 heavy (non-hydrogen) atoms. The summed E-state index contributed by atoms with van der Waals surface area (Å²) in [5.41, 5.74) is 1.88. The summed E-state index contributed by atoms with van der Waals surface area (Å²) in [6, 6.07) is 7.60. The summed E-state index contributed by atoms with van der Waals surface area (Å²) in [6.45, 7) is 0. The van der Waals surface area contributed by atoms with Gasteiger partial charge < -0.3 is 5.11 Å². The van der Waals surface area contributed by atoms with Gasteiger partial charge in [0.1, 0.15) is 0 Å². The lowest BCUT2D eigenvalue weighted by Crippen LogP contribution is -2.23. The predicted octanol–water partition coefficient (Wildman–Crippen LogP) is 2.30. The molecule has 0 saturated heterocycles. The molecule has 1 aromatic rings. The molecule has 84 valence electrons. The quantitative estimate of drug-likeness (QED) is 0.846. The summed E-state index contributed by atoms with van der Waals surface area (Å²) in [5, 5.41) is 8.61. The number of rotatable bonds is 3. The number of ketones is 1. The van der Waals surface area contributed by atoms with Gasteiger partial charge in [0.2, 0.25) is 0 Å². The van der Waals surface area contributed by atoms with Crippen molar-refractivity contribution < 1.29 is 14.7 Å². The molecule has 0 radical (unpaired) electrons. The Balaban J connectivity index is 2.12. The number of Topliss-reactive ketones (excluding diaryl/α,β-unsaturated/α-hetero) is 1. The third-order valence-corrected chi connectivity index (χ3v) is 3.12. The minimum absolute atomic E-state index is 0.0819. The van der Waals surface area contributed by atoms with Crippen molar-refractivity contribution in [2.24, 2.45) is 5.92 Å². The average Bonchev–Trinajstić information content (AvgIpc) is 2.28. The van der Waals surface area contributed by atoms with Crippen LogP contribution in [0.4, 0.5) is 0 Å². The Morgan fingerprint density at radius 3 is 2.88 bits per heavy atom. The van der Waals surface area contributed by atoms with Crippen LogP contribution < -0.4 is 0 Å². The van der Waals surface area contributed by atoms with Crippen molar-refractivity contribution in [2.45, 2.75) is 25.7 Å². The van der Waals surface area contributed by atoms with E-state index in [0.717, 1.165) is 24.0 Å². The lowest BCUT2D eigenvalue weighted by Gasteiger charge is -2.22. The van der Waals surface area contributed by atoms with Gasteiger partial charge in [-0.2, -0.15) is 0 Å². The van der Waals surface area contributed by atoms with Crippen LogP contribution in [0.3, 0.4) is 0 Å². The number of aliphatic carboxylic acids is 1. The van der Waals surface area contributed by atoms with Crippen LogP contribution in [0.25, 0.3) is 0 Å². The van der Waals surface area contributed by atoms with Crippen molar-refractivity contribution in [1.29, 1.82) is 0 Å². The number of carbonyl (C=O) groups is 2. The summed E-state index contributed by atoms with van der Waals surface area (Å²) in [7, 11) is 0. The van der Waals surface area contributed by atoms with E-state index < -0.39 is 5.97 Å². The van der Waals surface area contributed by atoms with Gasteiger partial charge >= 0.3 is 5.97 Å². The minimum atomic E-state index is -0.827. The van der Waals surface area contributed by atoms with E-state index >= 15 is 0 Å². The average molecular weight is 218 g/mol. The molecule has 0 amide bonds. The fourth-order valence-corrected chi connectivity index (χ4v) is 2.23. The summed E-state index contributed by atoms with van der Waals surface area (Å²) in [4.78, 5) is 22.5. The topological polar surface area (TPSA) is 54.4 Å². The van der Waals surface area contributed by atoms with E-state index in [0.29, 0.717) is 6.42 Å². The molecule has 0 saturated carbocycles. The van der Waals surface area contributed by atoms with E-state index in [4.69, 9.17) is 5.11 Å².